The molecule has 0 radical (unpaired) electrons. The van der Waals surface area contributed by atoms with Gasteiger partial charge in [0.05, 0.1) is 15.7 Å². The van der Waals surface area contributed by atoms with Crippen LogP contribution in [-0.4, -0.2) is 57.0 Å². The zero-order valence-corrected chi connectivity index (χ0v) is 20.8. The number of carbonyl (C=O) groups is 1. The van der Waals surface area contributed by atoms with Gasteiger partial charge in [-0.25, -0.2) is 0 Å². The number of thioether (sulfide) groups is 1. The minimum Gasteiger partial charge on any atom is -0.340 e. The van der Waals surface area contributed by atoms with E-state index < -0.39 is 0 Å². The van der Waals surface area contributed by atoms with Gasteiger partial charge in [0.1, 0.15) is 5.82 Å². The van der Waals surface area contributed by atoms with Gasteiger partial charge in [0.15, 0.2) is 5.16 Å². The number of nitrogens with one attached hydrogen (secondary N) is 1. The van der Waals surface area contributed by atoms with Crippen LogP contribution < -0.4 is 5.32 Å². The van der Waals surface area contributed by atoms with Gasteiger partial charge in [-0.2, -0.15) is 0 Å². The molecule has 3 aromatic rings. The van der Waals surface area contributed by atoms with Crippen LogP contribution in [0.25, 0.3) is 5.69 Å². The molecule has 1 aliphatic heterocycles. The van der Waals surface area contributed by atoms with Crippen LogP contribution in [0, 0.1) is 0 Å². The van der Waals surface area contributed by atoms with Crippen molar-refractivity contribution in [1.29, 1.82) is 0 Å². The van der Waals surface area contributed by atoms with Gasteiger partial charge < -0.3 is 10.2 Å². The fraction of sp³-hybridized carbons (Fsp3) is 0.375. The first-order valence-electron chi connectivity index (χ1n) is 11.1. The zero-order chi connectivity index (χ0) is 23.2. The summed E-state index contributed by atoms with van der Waals surface area (Å²) in [6.45, 7) is 4.53. The molecule has 0 saturated carbocycles. The zero-order valence-electron chi connectivity index (χ0n) is 18.5. The van der Waals surface area contributed by atoms with E-state index in [4.69, 9.17) is 23.2 Å². The van der Waals surface area contributed by atoms with Gasteiger partial charge in [-0.15, -0.1) is 10.2 Å². The highest BCUT2D eigenvalue weighted by atomic mass is 35.5. The van der Waals surface area contributed by atoms with E-state index in [9.17, 15) is 4.79 Å². The third-order valence-electron chi connectivity index (χ3n) is 5.55. The van der Waals surface area contributed by atoms with Crippen molar-refractivity contribution in [1.82, 2.24) is 25.0 Å². The van der Waals surface area contributed by atoms with Crippen LogP contribution in [0.1, 0.15) is 31.2 Å². The summed E-state index contributed by atoms with van der Waals surface area (Å²) in [5.41, 5.74) is 2.02. The molecule has 1 aliphatic rings. The van der Waals surface area contributed by atoms with Crippen LogP contribution in [0.15, 0.2) is 53.7 Å². The third kappa shape index (κ3) is 6.29. The van der Waals surface area contributed by atoms with Gasteiger partial charge in [-0.3, -0.25) is 9.36 Å². The largest absolute Gasteiger partial charge is 0.340 e. The smallest absolute Gasteiger partial charge is 0.222 e. The minimum atomic E-state index is 0.222. The maximum atomic E-state index is 12.5. The topological polar surface area (TPSA) is 63.1 Å². The molecule has 1 saturated heterocycles. The predicted molar refractivity (Wildman–Crippen MR) is 135 cm³/mol. The second kappa shape index (κ2) is 11.4. The Balaban J connectivity index is 1.45. The van der Waals surface area contributed by atoms with E-state index in [1.54, 1.807) is 17.8 Å². The Bertz CT molecular complexity index is 1090. The molecule has 1 unspecified atom stereocenters. The van der Waals surface area contributed by atoms with E-state index in [1.807, 2.05) is 39.8 Å². The SMILES string of the molecule is CC1CN(C(=O)CCCSc2nnc(Cc3ccccc3)n2-c2ccc(Cl)c(Cl)c2)CCN1. The number of hydrogen-bond donors (Lipinski definition) is 1. The molecule has 0 bridgehead atoms. The number of nitrogens with zero attached hydrogens (tertiary/aromatic N) is 4. The molecule has 174 valence electrons. The van der Waals surface area contributed by atoms with Crippen LogP contribution in [0.4, 0.5) is 0 Å². The lowest BCUT2D eigenvalue weighted by Crippen LogP contribution is -2.51. The summed E-state index contributed by atoms with van der Waals surface area (Å²) < 4.78 is 2.03. The third-order valence-corrected chi connectivity index (χ3v) is 7.31. The molecule has 1 aromatic heterocycles. The number of halogens is 2. The summed E-state index contributed by atoms with van der Waals surface area (Å²) in [6.07, 6.45) is 1.97. The summed E-state index contributed by atoms with van der Waals surface area (Å²) in [5, 5.41) is 14.1. The van der Waals surface area contributed by atoms with Crippen molar-refractivity contribution >= 4 is 40.9 Å². The monoisotopic (exact) mass is 503 g/mol. The standard InChI is InChI=1S/C24H27Cl2N5OS/c1-17-16-30(12-11-27-17)23(32)8-5-13-33-24-29-28-22(14-18-6-3-2-4-7-18)31(24)19-9-10-20(25)21(26)15-19/h2-4,6-7,9-10,15,17,27H,5,8,11-14,16H2,1H3. The molecule has 1 amide bonds. The molecular weight excluding hydrogens is 477 g/mol. The molecule has 33 heavy (non-hydrogen) atoms. The minimum absolute atomic E-state index is 0.222. The summed E-state index contributed by atoms with van der Waals surface area (Å²) in [6, 6.07) is 16.1. The van der Waals surface area contributed by atoms with E-state index in [0.29, 0.717) is 28.9 Å². The molecule has 0 spiro atoms. The number of aromatic nitrogens is 3. The molecule has 4 rings (SSSR count). The van der Waals surface area contributed by atoms with Gasteiger partial charge in [-0.1, -0.05) is 65.3 Å². The number of amides is 1. The van der Waals surface area contributed by atoms with Crippen molar-refractivity contribution in [3.05, 3.63) is 70.0 Å². The Labute approximate surface area is 208 Å². The summed E-state index contributed by atoms with van der Waals surface area (Å²) >= 11 is 14.0. The molecule has 0 aliphatic carbocycles. The average molecular weight is 504 g/mol. The van der Waals surface area contributed by atoms with Crippen molar-refractivity contribution in [2.75, 3.05) is 25.4 Å². The molecule has 9 heteroatoms. The highest BCUT2D eigenvalue weighted by molar-refractivity contribution is 7.99. The number of hydrogen-bond acceptors (Lipinski definition) is 5. The molecule has 1 fully saturated rings. The lowest BCUT2D eigenvalue weighted by molar-refractivity contribution is -0.132. The van der Waals surface area contributed by atoms with Crippen molar-refractivity contribution in [3.63, 3.8) is 0 Å². The Morgan fingerprint density at radius 2 is 1.97 bits per heavy atom. The van der Waals surface area contributed by atoms with Crippen molar-refractivity contribution in [3.8, 4) is 5.69 Å². The quantitative estimate of drug-likeness (QED) is 0.351. The molecule has 2 aromatic carbocycles. The van der Waals surface area contributed by atoms with E-state index in [-0.39, 0.29) is 5.91 Å². The van der Waals surface area contributed by atoms with E-state index >= 15 is 0 Å². The predicted octanol–water partition coefficient (Wildman–Crippen LogP) is 4.86. The van der Waals surface area contributed by atoms with Crippen LogP contribution in [-0.2, 0) is 11.2 Å². The van der Waals surface area contributed by atoms with Gasteiger partial charge in [-0.05, 0) is 37.1 Å². The lowest BCUT2D eigenvalue weighted by atomic mass is 10.1. The molecule has 1 N–H and O–H groups in total. The average Bonchev–Trinajstić information content (AvgIpc) is 3.21. The van der Waals surface area contributed by atoms with Crippen molar-refractivity contribution in [2.45, 2.75) is 37.4 Å². The van der Waals surface area contributed by atoms with Crippen LogP contribution in [0.3, 0.4) is 0 Å². The second-order valence-electron chi connectivity index (χ2n) is 8.14. The van der Waals surface area contributed by atoms with E-state index in [1.165, 1.54) is 0 Å². The second-order valence-corrected chi connectivity index (χ2v) is 10.0. The van der Waals surface area contributed by atoms with Crippen molar-refractivity contribution < 1.29 is 4.79 Å². The fourth-order valence-corrected chi connectivity index (χ4v) is 5.08. The van der Waals surface area contributed by atoms with Gasteiger partial charge in [0.25, 0.3) is 0 Å². The highest BCUT2D eigenvalue weighted by Gasteiger charge is 2.20. The first kappa shape index (κ1) is 24.1. The number of rotatable bonds is 8. The summed E-state index contributed by atoms with van der Waals surface area (Å²) in [5.74, 6) is 1.82. The fourth-order valence-electron chi connectivity index (χ4n) is 3.87. The maximum absolute atomic E-state index is 12.5. The number of piperazine rings is 1. The molecular formula is C24H27Cl2N5OS. The van der Waals surface area contributed by atoms with Crippen molar-refractivity contribution in [2.24, 2.45) is 0 Å². The first-order valence-corrected chi connectivity index (χ1v) is 12.8. The van der Waals surface area contributed by atoms with Crippen LogP contribution in [0.2, 0.25) is 10.0 Å². The highest BCUT2D eigenvalue weighted by Crippen LogP contribution is 2.29. The van der Waals surface area contributed by atoms with Crippen LogP contribution >= 0.6 is 35.0 Å². The molecule has 2 heterocycles. The Hall–Kier alpha value is -2.06. The number of carbonyl (C=O) groups excluding carboxylic acids is 1. The van der Waals surface area contributed by atoms with Crippen LogP contribution in [0.5, 0.6) is 0 Å². The van der Waals surface area contributed by atoms with E-state index in [0.717, 1.165) is 54.0 Å². The van der Waals surface area contributed by atoms with E-state index in [2.05, 4.69) is 34.6 Å². The number of benzene rings is 2. The molecule has 1 atom stereocenters. The molecule has 6 nitrogen and oxygen atoms in total. The Kier molecular flexibility index (Phi) is 8.30. The normalized spacial score (nSPS) is 16.2. The Morgan fingerprint density at radius 3 is 2.73 bits per heavy atom. The summed E-state index contributed by atoms with van der Waals surface area (Å²) in [7, 11) is 0. The summed E-state index contributed by atoms with van der Waals surface area (Å²) in [4.78, 5) is 14.5. The lowest BCUT2D eigenvalue weighted by Gasteiger charge is -2.32. The van der Waals surface area contributed by atoms with Gasteiger partial charge >= 0.3 is 0 Å². The first-order chi connectivity index (χ1) is 16.0. The van der Waals surface area contributed by atoms with Gasteiger partial charge in [0.2, 0.25) is 5.91 Å². The maximum Gasteiger partial charge on any atom is 0.222 e. The Morgan fingerprint density at radius 1 is 1.15 bits per heavy atom. The van der Waals surface area contributed by atoms with Gasteiger partial charge in [0, 0.05) is 44.3 Å².